The number of aliphatic hydroxyl groups is 1. The molecule has 1 fully saturated rings. The molecule has 1 heterocycles. The number of Topliss-reactive ketones (excluding diaryl/α,β-unsaturated/α-hetero) is 1. The second kappa shape index (κ2) is 11.3. The van der Waals surface area contributed by atoms with Crippen molar-refractivity contribution in [2.75, 3.05) is 33.8 Å². The quantitative estimate of drug-likeness (QED) is 0.231. The molecule has 0 spiro atoms. The highest BCUT2D eigenvalue weighted by Crippen LogP contribution is 2.40. The first-order valence-electron chi connectivity index (χ1n) is 11.2. The number of nitrogens with zero attached hydrogens (tertiary/aromatic N) is 2. The molecule has 1 amide bonds. The smallest absolute Gasteiger partial charge is 0.295 e. The number of unbranched alkanes of at least 4 members (excludes halogenated alkanes) is 1. The molecule has 3 rings (SSSR count). The van der Waals surface area contributed by atoms with E-state index in [9.17, 15) is 14.7 Å². The average Bonchev–Trinajstić information content (AvgIpc) is 3.04. The molecular weight excluding hydrogens is 440 g/mol. The number of likely N-dealkylation sites (tertiary alicyclic amines) is 1. The van der Waals surface area contributed by atoms with Gasteiger partial charge in [-0.1, -0.05) is 49.2 Å². The van der Waals surface area contributed by atoms with Gasteiger partial charge in [0.15, 0.2) is 0 Å². The third kappa shape index (κ3) is 5.95. The number of hydrogen-bond acceptors (Lipinski definition) is 5. The zero-order valence-electron chi connectivity index (χ0n) is 19.4. The van der Waals surface area contributed by atoms with Crippen molar-refractivity contribution in [2.45, 2.75) is 32.2 Å². The molecule has 1 aliphatic rings. The van der Waals surface area contributed by atoms with Gasteiger partial charge in [0, 0.05) is 17.1 Å². The van der Waals surface area contributed by atoms with Gasteiger partial charge in [-0.05, 0) is 63.3 Å². The summed E-state index contributed by atoms with van der Waals surface area (Å²) in [6, 6.07) is 13.3. The number of ether oxygens (including phenoxy) is 1. The standard InChI is InChI=1S/C26H31ClN2O4/c1-4-5-16-33-21-9-6-8-19(17-21)24(30)22-23(18-10-12-20(27)13-11-18)29(26(32)25(22)31)15-7-14-28(2)3/h6,8-13,17,23,30H,4-5,7,14-16H2,1-3H3/b24-22+. The lowest BCUT2D eigenvalue weighted by molar-refractivity contribution is -0.139. The molecule has 7 heteroatoms. The maximum absolute atomic E-state index is 13.1. The van der Waals surface area contributed by atoms with Crippen LogP contribution in [0.2, 0.25) is 5.02 Å². The van der Waals surface area contributed by atoms with E-state index in [1.807, 2.05) is 25.1 Å². The topological polar surface area (TPSA) is 70.1 Å². The van der Waals surface area contributed by atoms with Crippen LogP contribution in [-0.4, -0.2) is 60.4 Å². The van der Waals surface area contributed by atoms with E-state index in [2.05, 4.69) is 6.92 Å². The minimum Gasteiger partial charge on any atom is -0.507 e. The van der Waals surface area contributed by atoms with E-state index in [0.717, 1.165) is 24.9 Å². The van der Waals surface area contributed by atoms with Crippen LogP contribution in [0.1, 0.15) is 43.4 Å². The first-order valence-corrected chi connectivity index (χ1v) is 11.6. The van der Waals surface area contributed by atoms with Gasteiger partial charge in [-0.2, -0.15) is 0 Å². The van der Waals surface area contributed by atoms with Crippen LogP contribution < -0.4 is 4.74 Å². The van der Waals surface area contributed by atoms with Crippen molar-refractivity contribution in [3.05, 3.63) is 70.3 Å². The lowest BCUT2D eigenvalue weighted by Gasteiger charge is -2.26. The van der Waals surface area contributed by atoms with Crippen LogP contribution in [-0.2, 0) is 9.59 Å². The van der Waals surface area contributed by atoms with Crippen molar-refractivity contribution in [2.24, 2.45) is 0 Å². The van der Waals surface area contributed by atoms with E-state index in [0.29, 0.717) is 35.9 Å². The van der Waals surface area contributed by atoms with Gasteiger partial charge in [-0.15, -0.1) is 0 Å². The SMILES string of the molecule is CCCCOc1cccc(/C(O)=C2\C(=O)C(=O)N(CCCN(C)C)C2c2ccc(Cl)cc2)c1. The van der Waals surface area contributed by atoms with Crippen LogP contribution in [0.25, 0.3) is 5.76 Å². The first kappa shape index (κ1) is 24.8. The fourth-order valence-corrected chi connectivity index (χ4v) is 4.01. The average molecular weight is 471 g/mol. The molecule has 6 nitrogen and oxygen atoms in total. The number of carbonyl (C=O) groups excluding carboxylic acids is 2. The highest BCUT2D eigenvalue weighted by Gasteiger charge is 2.45. The lowest BCUT2D eigenvalue weighted by Crippen LogP contribution is -2.32. The Balaban J connectivity index is 2.02. The number of carbonyl (C=O) groups is 2. The molecule has 2 aromatic rings. The number of benzene rings is 2. The fraction of sp³-hybridized carbons (Fsp3) is 0.385. The van der Waals surface area contributed by atoms with E-state index in [1.165, 1.54) is 0 Å². The minimum atomic E-state index is -0.686. The normalized spacial score (nSPS) is 17.7. The molecule has 0 saturated carbocycles. The third-order valence-corrected chi connectivity index (χ3v) is 5.86. The maximum Gasteiger partial charge on any atom is 0.295 e. The molecule has 1 aliphatic heterocycles. The molecule has 0 aliphatic carbocycles. The number of hydrogen-bond donors (Lipinski definition) is 1. The zero-order chi connectivity index (χ0) is 24.0. The number of halogens is 1. The Morgan fingerprint density at radius 1 is 1.12 bits per heavy atom. The Morgan fingerprint density at radius 3 is 2.52 bits per heavy atom. The van der Waals surface area contributed by atoms with Gasteiger partial charge in [0.05, 0.1) is 18.2 Å². The van der Waals surface area contributed by atoms with E-state index < -0.39 is 17.7 Å². The largest absolute Gasteiger partial charge is 0.507 e. The summed E-state index contributed by atoms with van der Waals surface area (Å²) in [6.45, 7) is 3.82. The third-order valence-electron chi connectivity index (χ3n) is 5.60. The summed E-state index contributed by atoms with van der Waals surface area (Å²) in [4.78, 5) is 29.7. The number of amides is 1. The van der Waals surface area contributed by atoms with E-state index in [4.69, 9.17) is 16.3 Å². The van der Waals surface area contributed by atoms with E-state index in [1.54, 1.807) is 47.4 Å². The molecule has 1 N–H and O–H groups in total. The molecule has 2 aromatic carbocycles. The summed E-state index contributed by atoms with van der Waals surface area (Å²) in [7, 11) is 3.92. The molecule has 1 unspecified atom stereocenters. The summed E-state index contributed by atoms with van der Waals surface area (Å²) in [5.41, 5.74) is 1.24. The zero-order valence-corrected chi connectivity index (χ0v) is 20.1. The molecule has 0 radical (unpaired) electrons. The predicted molar refractivity (Wildman–Crippen MR) is 130 cm³/mol. The van der Waals surface area contributed by atoms with Crippen molar-refractivity contribution < 1.29 is 19.4 Å². The van der Waals surface area contributed by atoms with Crippen molar-refractivity contribution >= 4 is 29.1 Å². The summed E-state index contributed by atoms with van der Waals surface area (Å²) in [6.07, 6.45) is 2.63. The fourth-order valence-electron chi connectivity index (χ4n) is 3.88. The molecule has 1 atom stereocenters. The van der Waals surface area contributed by atoms with Crippen LogP contribution in [0.4, 0.5) is 0 Å². The lowest BCUT2D eigenvalue weighted by atomic mass is 9.95. The summed E-state index contributed by atoms with van der Waals surface area (Å²) in [5.74, 6) is -0.889. The van der Waals surface area contributed by atoms with Crippen molar-refractivity contribution in [3.8, 4) is 5.75 Å². The molecule has 1 saturated heterocycles. The second-order valence-corrected chi connectivity index (χ2v) is 8.87. The monoisotopic (exact) mass is 470 g/mol. The Bertz CT molecular complexity index is 1020. The van der Waals surface area contributed by atoms with E-state index in [-0.39, 0.29) is 11.3 Å². The van der Waals surface area contributed by atoms with Gasteiger partial charge in [-0.3, -0.25) is 9.59 Å². The van der Waals surface area contributed by atoms with Crippen molar-refractivity contribution in [3.63, 3.8) is 0 Å². The maximum atomic E-state index is 13.1. The highest BCUT2D eigenvalue weighted by molar-refractivity contribution is 6.46. The highest BCUT2D eigenvalue weighted by atomic mass is 35.5. The molecule has 0 aromatic heterocycles. The molecule has 176 valence electrons. The van der Waals surface area contributed by atoms with Crippen LogP contribution >= 0.6 is 11.6 Å². The van der Waals surface area contributed by atoms with Gasteiger partial charge in [0.25, 0.3) is 11.7 Å². The Kier molecular flexibility index (Phi) is 8.53. The van der Waals surface area contributed by atoms with Crippen molar-refractivity contribution in [1.29, 1.82) is 0 Å². The number of ketones is 1. The summed E-state index contributed by atoms with van der Waals surface area (Å²) >= 11 is 6.07. The minimum absolute atomic E-state index is 0.0814. The van der Waals surface area contributed by atoms with Crippen LogP contribution in [0, 0.1) is 0 Å². The summed E-state index contributed by atoms with van der Waals surface area (Å²) in [5, 5.41) is 11.8. The molecule has 0 bridgehead atoms. The number of rotatable bonds is 10. The Morgan fingerprint density at radius 2 is 1.85 bits per heavy atom. The van der Waals surface area contributed by atoms with Crippen LogP contribution in [0.15, 0.2) is 54.1 Å². The van der Waals surface area contributed by atoms with E-state index >= 15 is 0 Å². The van der Waals surface area contributed by atoms with Gasteiger partial charge in [0.1, 0.15) is 11.5 Å². The molecular formula is C26H31ClN2O4. The Hall–Kier alpha value is -2.83. The van der Waals surface area contributed by atoms with Crippen LogP contribution in [0.3, 0.4) is 0 Å². The molecule has 33 heavy (non-hydrogen) atoms. The first-order chi connectivity index (χ1) is 15.8. The van der Waals surface area contributed by atoms with Crippen molar-refractivity contribution in [1.82, 2.24) is 9.80 Å². The van der Waals surface area contributed by atoms with Gasteiger partial charge in [-0.25, -0.2) is 0 Å². The second-order valence-electron chi connectivity index (χ2n) is 8.43. The Labute approximate surface area is 200 Å². The van der Waals surface area contributed by atoms with Gasteiger partial charge < -0.3 is 19.6 Å². The predicted octanol–water partition coefficient (Wildman–Crippen LogP) is 4.89. The van der Waals surface area contributed by atoms with Gasteiger partial charge in [0.2, 0.25) is 0 Å². The van der Waals surface area contributed by atoms with Gasteiger partial charge >= 0.3 is 0 Å². The summed E-state index contributed by atoms with van der Waals surface area (Å²) < 4.78 is 5.75. The number of aliphatic hydroxyl groups excluding tert-OH is 1. The van der Waals surface area contributed by atoms with Crippen LogP contribution in [0.5, 0.6) is 5.75 Å².